The molecule has 2 bridgehead atoms. The summed E-state index contributed by atoms with van der Waals surface area (Å²) in [6, 6.07) is 8.96. The average Bonchev–Trinajstić information content (AvgIpc) is 2.75. The number of rotatable bonds is 5. The SMILES string of the molecule is CC(Cc1c[nH]c2ccccc12)NC12CC([C@@H](C)O)(C1)C2. The molecular weight excluding hydrogens is 260 g/mol. The molecule has 3 saturated carbocycles. The van der Waals surface area contributed by atoms with E-state index in [1.54, 1.807) is 0 Å². The fourth-order valence-corrected chi connectivity index (χ4v) is 4.67. The van der Waals surface area contributed by atoms with Gasteiger partial charge in [0, 0.05) is 34.1 Å². The summed E-state index contributed by atoms with van der Waals surface area (Å²) in [5, 5.41) is 15.0. The van der Waals surface area contributed by atoms with Gasteiger partial charge in [-0.2, -0.15) is 0 Å². The molecule has 2 atom stereocenters. The molecule has 1 aromatic carbocycles. The van der Waals surface area contributed by atoms with Crippen LogP contribution in [0.5, 0.6) is 0 Å². The first-order valence-corrected chi connectivity index (χ1v) is 8.03. The van der Waals surface area contributed by atoms with E-state index in [9.17, 15) is 5.11 Å². The minimum absolute atomic E-state index is 0.148. The van der Waals surface area contributed by atoms with Crippen LogP contribution in [-0.2, 0) is 6.42 Å². The van der Waals surface area contributed by atoms with Gasteiger partial charge in [0.2, 0.25) is 0 Å². The second-order valence-corrected chi connectivity index (χ2v) is 7.46. The molecule has 0 aliphatic heterocycles. The number of fused-ring (bicyclic) bond motifs is 1. The standard InChI is InChI=1S/C18H24N2O/c1-12(20-18-9-17(10-18,11-18)13(2)21)7-14-8-19-16-6-4-3-5-15(14)16/h3-6,8,12-13,19-21H,7,9-11H2,1-2H3/t12?,13-,17?,18?/m1/s1. The highest BCUT2D eigenvalue weighted by Gasteiger charge is 2.69. The van der Waals surface area contributed by atoms with Crippen molar-refractivity contribution in [2.45, 2.75) is 57.2 Å². The Bertz CT molecular complexity index is 653. The number of para-hydroxylation sites is 1. The number of aliphatic hydroxyl groups is 1. The maximum atomic E-state index is 9.81. The van der Waals surface area contributed by atoms with Gasteiger partial charge in [-0.1, -0.05) is 18.2 Å². The quantitative estimate of drug-likeness (QED) is 0.790. The zero-order chi connectivity index (χ0) is 14.7. The number of aromatic amines is 1. The lowest BCUT2D eigenvalue weighted by Gasteiger charge is -2.73. The summed E-state index contributed by atoms with van der Waals surface area (Å²) in [5.74, 6) is 0. The fourth-order valence-electron chi connectivity index (χ4n) is 4.67. The van der Waals surface area contributed by atoms with Crippen LogP contribution in [0.15, 0.2) is 30.5 Å². The lowest BCUT2D eigenvalue weighted by molar-refractivity contribution is -0.212. The largest absolute Gasteiger partial charge is 0.393 e. The van der Waals surface area contributed by atoms with Crippen molar-refractivity contribution in [2.75, 3.05) is 0 Å². The van der Waals surface area contributed by atoms with Crippen LogP contribution in [0, 0.1) is 5.41 Å². The molecule has 21 heavy (non-hydrogen) atoms. The van der Waals surface area contributed by atoms with Crippen LogP contribution in [0.25, 0.3) is 10.9 Å². The van der Waals surface area contributed by atoms with Crippen molar-refractivity contribution < 1.29 is 5.11 Å². The van der Waals surface area contributed by atoms with Gasteiger partial charge >= 0.3 is 0 Å². The normalized spacial score (nSPS) is 33.3. The first kappa shape index (κ1) is 13.4. The Morgan fingerprint density at radius 3 is 2.67 bits per heavy atom. The fraction of sp³-hybridized carbons (Fsp3) is 0.556. The number of nitrogens with one attached hydrogen (secondary N) is 2. The number of benzene rings is 1. The van der Waals surface area contributed by atoms with Gasteiger partial charge < -0.3 is 15.4 Å². The predicted molar refractivity (Wildman–Crippen MR) is 85.3 cm³/mol. The molecule has 1 heterocycles. The van der Waals surface area contributed by atoms with E-state index >= 15 is 0 Å². The van der Waals surface area contributed by atoms with Gasteiger partial charge in [0.1, 0.15) is 0 Å². The molecule has 3 nitrogen and oxygen atoms in total. The van der Waals surface area contributed by atoms with E-state index in [0.29, 0.717) is 11.6 Å². The Labute approximate surface area is 125 Å². The number of aromatic nitrogens is 1. The minimum atomic E-state index is -0.148. The van der Waals surface area contributed by atoms with Crippen LogP contribution in [0.4, 0.5) is 0 Å². The average molecular weight is 284 g/mol. The van der Waals surface area contributed by atoms with Crippen LogP contribution in [0.1, 0.15) is 38.7 Å². The van der Waals surface area contributed by atoms with Crippen molar-refractivity contribution >= 4 is 10.9 Å². The summed E-state index contributed by atoms with van der Waals surface area (Å²) in [5.41, 5.74) is 3.18. The topological polar surface area (TPSA) is 48.0 Å². The molecule has 0 radical (unpaired) electrons. The van der Waals surface area contributed by atoms with Gasteiger partial charge in [-0.25, -0.2) is 0 Å². The highest BCUT2D eigenvalue weighted by Crippen LogP contribution is 2.68. The zero-order valence-electron chi connectivity index (χ0n) is 12.8. The molecule has 112 valence electrons. The van der Waals surface area contributed by atoms with Gasteiger partial charge in [-0.05, 0) is 51.2 Å². The summed E-state index contributed by atoms with van der Waals surface area (Å²) >= 11 is 0. The molecule has 3 N–H and O–H groups in total. The molecule has 3 fully saturated rings. The van der Waals surface area contributed by atoms with Crippen LogP contribution in [0.3, 0.4) is 0 Å². The van der Waals surface area contributed by atoms with Crippen molar-refractivity contribution in [1.82, 2.24) is 10.3 Å². The predicted octanol–water partition coefficient (Wildman–Crippen LogP) is 2.99. The Morgan fingerprint density at radius 1 is 1.24 bits per heavy atom. The summed E-state index contributed by atoms with van der Waals surface area (Å²) in [4.78, 5) is 3.35. The number of hydrogen-bond donors (Lipinski definition) is 3. The minimum Gasteiger partial charge on any atom is -0.393 e. The van der Waals surface area contributed by atoms with Crippen molar-refractivity contribution in [1.29, 1.82) is 0 Å². The maximum absolute atomic E-state index is 9.81. The van der Waals surface area contributed by atoms with E-state index in [0.717, 1.165) is 25.7 Å². The Balaban J connectivity index is 1.40. The van der Waals surface area contributed by atoms with Crippen LogP contribution < -0.4 is 5.32 Å². The van der Waals surface area contributed by atoms with E-state index in [1.165, 1.54) is 16.5 Å². The first-order valence-electron chi connectivity index (χ1n) is 8.03. The molecule has 1 aromatic heterocycles. The van der Waals surface area contributed by atoms with Gasteiger partial charge in [0.05, 0.1) is 6.10 Å². The number of H-pyrrole nitrogens is 1. The Kier molecular flexibility index (Phi) is 2.76. The monoisotopic (exact) mass is 284 g/mol. The summed E-state index contributed by atoms with van der Waals surface area (Å²) in [6.45, 7) is 4.22. The summed E-state index contributed by atoms with van der Waals surface area (Å²) in [7, 11) is 0. The third kappa shape index (κ3) is 1.95. The molecule has 2 aromatic rings. The third-order valence-electron chi connectivity index (χ3n) is 5.71. The van der Waals surface area contributed by atoms with E-state index < -0.39 is 0 Å². The number of aliphatic hydroxyl groups excluding tert-OH is 1. The van der Waals surface area contributed by atoms with Crippen LogP contribution in [-0.4, -0.2) is 27.8 Å². The molecule has 0 spiro atoms. The smallest absolute Gasteiger partial charge is 0.0570 e. The van der Waals surface area contributed by atoms with E-state index in [2.05, 4.69) is 47.7 Å². The molecule has 3 aliphatic rings. The van der Waals surface area contributed by atoms with Crippen LogP contribution >= 0.6 is 0 Å². The van der Waals surface area contributed by atoms with E-state index in [4.69, 9.17) is 0 Å². The van der Waals surface area contributed by atoms with Crippen LogP contribution in [0.2, 0.25) is 0 Å². The lowest BCUT2D eigenvalue weighted by Crippen LogP contribution is -2.77. The maximum Gasteiger partial charge on any atom is 0.0570 e. The first-order chi connectivity index (χ1) is 10.0. The van der Waals surface area contributed by atoms with Crippen molar-refractivity contribution in [3.05, 3.63) is 36.0 Å². The highest BCUT2D eigenvalue weighted by atomic mass is 16.3. The molecule has 0 saturated heterocycles. The van der Waals surface area contributed by atoms with Crippen molar-refractivity contribution in [2.24, 2.45) is 5.41 Å². The van der Waals surface area contributed by atoms with E-state index in [1.807, 2.05) is 6.92 Å². The molecule has 3 aliphatic carbocycles. The molecule has 3 heteroatoms. The summed E-state index contributed by atoms with van der Waals surface area (Å²) < 4.78 is 0. The van der Waals surface area contributed by atoms with Gasteiger partial charge in [0.25, 0.3) is 0 Å². The van der Waals surface area contributed by atoms with Crippen molar-refractivity contribution in [3.8, 4) is 0 Å². The molecule has 1 unspecified atom stereocenters. The molecule has 0 amide bonds. The van der Waals surface area contributed by atoms with Gasteiger partial charge in [-0.15, -0.1) is 0 Å². The third-order valence-corrected chi connectivity index (χ3v) is 5.71. The molecular formula is C18H24N2O. The van der Waals surface area contributed by atoms with E-state index in [-0.39, 0.29) is 11.5 Å². The second kappa shape index (κ2) is 4.34. The van der Waals surface area contributed by atoms with Gasteiger partial charge in [-0.3, -0.25) is 0 Å². The molecule has 5 rings (SSSR count). The Morgan fingerprint density at radius 2 is 1.95 bits per heavy atom. The highest BCUT2D eigenvalue weighted by molar-refractivity contribution is 5.83. The van der Waals surface area contributed by atoms with Gasteiger partial charge in [0.15, 0.2) is 0 Å². The number of hydrogen-bond acceptors (Lipinski definition) is 2. The second-order valence-electron chi connectivity index (χ2n) is 7.46. The van der Waals surface area contributed by atoms with Crippen molar-refractivity contribution in [3.63, 3.8) is 0 Å². The summed E-state index contributed by atoms with van der Waals surface area (Å²) in [6.07, 6.45) is 6.49. The Hall–Kier alpha value is -1.32. The lowest BCUT2D eigenvalue weighted by atomic mass is 9.37. The zero-order valence-corrected chi connectivity index (χ0v) is 12.8.